The third-order valence-corrected chi connectivity index (χ3v) is 6.27. The maximum absolute atomic E-state index is 4.45. The molecule has 2 atom stereocenters. The lowest BCUT2D eigenvalue weighted by Crippen LogP contribution is -2.12. The van der Waals surface area contributed by atoms with Crippen LogP contribution in [0, 0.1) is 11.8 Å². The number of hydrogen-bond acceptors (Lipinski definition) is 2. The minimum Gasteiger partial charge on any atom is -0.111 e. The molecule has 0 aromatic rings. The molecule has 82 valence electrons. The first-order chi connectivity index (χ1) is 6.73. The molecule has 2 aliphatic rings. The molecule has 0 bridgehead atoms. The topological polar surface area (TPSA) is 0 Å². The quantitative estimate of drug-likeness (QED) is 0.503. The number of thiol groups is 1. The first-order valence-electron chi connectivity index (χ1n) is 6.06. The summed E-state index contributed by atoms with van der Waals surface area (Å²) < 4.78 is 0.489. The second-order valence-electron chi connectivity index (χ2n) is 5.46. The van der Waals surface area contributed by atoms with Gasteiger partial charge in [0.05, 0.1) is 0 Å². The number of fused-ring (bicyclic) bond motifs is 1. The van der Waals surface area contributed by atoms with E-state index in [0.717, 1.165) is 11.8 Å². The van der Waals surface area contributed by atoms with Crippen molar-refractivity contribution in [3.05, 3.63) is 0 Å². The molecule has 0 saturated heterocycles. The average Bonchev–Trinajstić information content (AvgIpc) is 2.45. The van der Waals surface area contributed by atoms with Crippen LogP contribution in [0.2, 0.25) is 0 Å². The molecule has 0 spiro atoms. The molecule has 0 amide bonds. The molecule has 14 heavy (non-hydrogen) atoms. The van der Waals surface area contributed by atoms with Crippen molar-refractivity contribution in [3.8, 4) is 0 Å². The Hall–Kier alpha value is 0.700. The van der Waals surface area contributed by atoms with Crippen LogP contribution < -0.4 is 0 Å². The molecule has 0 radical (unpaired) electrons. The molecule has 2 rings (SSSR count). The zero-order valence-electron chi connectivity index (χ0n) is 9.17. The second-order valence-corrected chi connectivity index (χ2v) is 7.18. The first kappa shape index (κ1) is 11.2. The van der Waals surface area contributed by atoms with Crippen LogP contribution in [0.15, 0.2) is 0 Å². The van der Waals surface area contributed by atoms with Crippen LogP contribution >= 0.6 is 22.5 Å². The van der Waals surface area contributed by atoms with Gasteiger partial charge in [-0.3, -0.25) is 0 Å². The Morgan fingerprint density at radius 3 is 1.93 bits per heavy atom. The van der Waals surface area contributed by atoms with Gasteiger partial charge >= 0.3 is 0 Å². The van der Waals surface area contributed by atoms with Crippen molar-refractivity contribution >= 4 is 22.5 Å². The highest BCUT2D eigenvalue weighted by Gasteiger charge is 2.41. The molecule has 0 aliphatic heterocycles. The van der Waals surface area contributed by atoms with Gasteiger partial charge in [-0.15, -0.1) is 11.7 Å². The fourth-order valence-electron chi connectivity index (χ4n) is 3.44. The standard InChI is InChI=1S/C12H22S2/c1-12(14-13)8-10-6-4-2-3-5-7-11(10)9-12/h10-11,13H,2-9H2,1H3. The van der Waals surface area contributed by atoms with Crippen LogP contribution in [0.4, 0.5) is 0 Å². The van der Waals surface area contributed by atoms with Gasteiger partial charge in [0.25, 0.3) is 0 Å². The SMILES string of the molecule is CC1(SS)CC2CCCCCCC2C1. The molecule has 0 N–H and O–H groups in total. The second kappa shape index (κ2) is 4.69. The summed E-state index contributed by atoms with van der Waals surface area (Å²) in [6.07, 6.45) is 11.8. The summed E-state index contributed by atoms with van der Waals surface area (Å²) in [5.74, 6) is 2.06. The molecular weight excluding hydrogens is 208 g/mol. The van der Waals surface area contributed by atoms with Crippen molar-refractivity contribution in [1.82, 2.24) is 0 Å². The van der Waals surface area contributed by atoms with Crippen LogP contribution in [0.25, 0.3) is 0 Å². The lowest BCUT2D eigenvalue weighted by molar-refractivity contribution is 0.301. The van der Waals surface area contributed by atoms with Crippen LogP contribution in [0.5, 0.6) is 0 Å². The zero-order chi connectivity index (χ0) is 10.0. The molecule has 2 fully saturated rings. The van der Waals surface area contributed by atoms with Crippen LogP contribution in [0.3, 0.4) is 0 Å². The summed E-state index contributed by atoms with van der Waals surface area (Å²) in [4.78, 5) is 0. The van der Waals surface area contributed by atoms with Gasteiger partial charge in [-0.05, 0) is 31.6 Å². The third-order valence-electron chi connectivity index (χ3n) is 4.17. The molecule has 0 aromatic heterocycles. The van der Waals surface area contributed by atoms with Crippen molar-refractivity contribution in [2.75, 3.05) is 0 Å². The minimum atomic E-state index is 0.489. The van der Waals surface area contributed by atoms with E-state index in [1.807, 2.05) is 10.8 Å². The highest BCUT2D eigenvalue weighted by Crippen LogP contribution is 2.52. The Labute approximate surface area is 97.4 Å². The van der Waals surface area contributed by atoms with Crippen molar-refractivity contribution in [3.63, 3.8) is 0 Å². The maximum Gasteiger partial charge on any atom is 0.0238 e. The van der Waals surface area contributed by atoms with E-state index in [0.29, 0.717) is 4.75 Å². The van der Waals surface area contributed by atoms with Crippen molar-refractivity contribution in [2.45, 2.75) is 63.0 Å². The van der Waals surface area contributed by atoms with E-state index in [9.17, 15) is 0 Å². The summed E-state index contributed by atoms with van der Waals surface area (Å²) in [6, 6.07) is 0. The maximum atomic E-state index is 4.45. The Balaban J connectivity index is 1.99. The smallest absolute Gasteiger partial charge is 0.0238 e. The van der Waals surface area contributed by atoms with Crippen molar-refractivity contribution < 1.29 is 0 Å². The summed E-state index contributed by atoms with van der Waals surface area (Å²) in [6.45, 7) is 2.41. The van der Waals surface area contributed by atoms with Gasteiger partial charge in [-0.2, -0.15) is 0 Å². The Bertz CT molecular complexity index is 175. The number of hydrogen-bond donors (Lipinski definition) is 1. The summed E-state index contributed by atoms with van der Waals surface area (Å²) in [5, 5.41) is 0. The molecule has 2 aliphatic carbocycles. The lowest BCUT2D eigenvalue weighted by atomic mass is 9.84. The fraction of sp³-hybridized carbons (Fsp3) is 1.00. The van der Waals surface area contributed by atoms with Crippen LogP contribution in [-0.4, -0.2) is 4.75 Å². The monoisotopic (exact) mass is 230 g/mol. The van der Waals surface area contributed by atoms with Gasteiger partial charge in [0.2, 0.25) is 0 Å². The highest BCUT2D eigenvalue weighted by molar-refractivity contribution is 8.69. The van der Waals surface area contributed by atoms with Gasteiger partial charge in [0, 0.05) is 4.75 Å². The van der Waals surface area contributed by atoms with Gasteiger partial charge in [-0.25, -0.2) is 0 Å². The molecule has 2 saturated carbocycles. The van der Waals surface area contributed by atoms with Gasteiger partial charge in [0.1, 0.15) is 0 Å². The van der Waals surface area contributed by atoms with Gasteiger partial charge < -0.3 is 0 Å². The Morgan fingerprint density at radius 2 is 1.50 bits per heavy atom. The molecule has 0 nitrogen and oxygen atoms in total. The van der Waals surface area contributed by atoms with Gasteiger partial charge in [0.15, 0.2) is 0 Å². The van der Waals surface area contributed by atoms with E-state index in [1.54, 1.807) is 0 Å². The molecular formula is C12H22S2. The average molecular weight is 230 g/mol. The van der Waals surface area contributed by atoms with Crippen LogP contribution in [0.1, 0.15) is 58.3 Å². The molecule has 2 unspecified atom stereocenters. The summed E-state index contributed by atoms with van der Waals surface area (Å²) in [7, 11) is 1.81. The zero-order valence-corrected chi connectivity index (χ0v) is 10.9. The largest absolute Gasteiger partial charge is 0.111 e. The van der Waals surface area contributed by atoms with Gasteiger partial charge in [-0.1, -0.05) is 49.3 Å². The first-order valence-corrected chi connectivity index (χ1v) is 7.93. The predicted molar refractivity (Wildman–Crippen MR) is 68.9 cm³/mol. The van der Waals surface area contributed by atoms with E-state index >= 15 is 0 Å². The molecule has 2 heteroatoms. The van der Waals surface area contributed by atoms with Crippen molar-refractivity contribution in [1.29, 1.82) is 0 Å². The minimum absolute atomic E-state index is 0.489. The third kappa shape index (κ3) is 2.44. The summed E-state index contributed by atoms with van der Waals surface area (Å²) >= 11 is 4.45. The van der Waals surface area contributed by atoms with E-state index in [2.05, 4.69) is 18.6 Å². The predicted octanol–water partition coefficient (Wildman–Crippen LogP) is 4.70. The normalized spacial score (nSPS) is 44.1. The number of rotatable bonds is 1. The molecule has 0 heterocycles. The summed E-state index contributed by atoms with van der Waals surface area (Å²) in [5.41, 5.74) is 0. The van der Waals surface area contributed by atoms with E-state index < -0.39 is 0 Å². The van der Waals surface area contributed by atoms with Crippen LogP contribution in [-0.2, 0) is 0 Å². The molecule has 0 aromatic carbocycles. The van der Waals surface area contributed by atoms with E-state index in [1.165, 1.54) is 51.4 Å². The fourth-order valence-corrected chi connectivity index (χ4v) is 4.47. The highest BCUT2D eigenvalue weighted by atomic mass is 33.1. The van der Waals surface area contributed by atoms with E-state index in [-0.39, 0.29) is 0 Å². The Kier molecular flexibility index (Phi) is 3.75. The van der Waals surface area contributed by atoms with Crippen molar-refractivity contribution in [2.24, 2.45) is 11.8 Å². The Morgan fingerprint density at radius 1 is 1.00 bits per heavy atom. The van der Waals surface area contributed by atoms with E-state index in [4.69, 9.17) is 0 Å². The lowest BCUT2D eigenvalue weighted by Gasteiger charge is -2.21.